The first-order valence-electron chi connectivity index (χ1n) is 10.4. The smallest absolute Gasteiger partial charge is 0.0582 e. The lowest BCUT2D eigenvalue weighted by molar-refractivity contribution is 0.535. The van der Waals surface area contributed by atoms with E-state index in [1.807, 2.05) is 0 Å². The molecule has 0 bridgehead atoms. The van der Waals surface area contributed by atoms with Crippen LogP contribution in [0.4, 0.5) is 0 Å². The number of allylic oxidation sites excluding steroid dienone is 1. The Labute approximate surface area is 146 Å². The lowest BCUT2D eigenvalue weighted by atomic mass is 10.0. The van der Waals surface area contributed by atoms with E-state index in [4.69, 9.17) is 11.5 Å². The van der Waals surface area contributed by atoms with Gasteiger partial charge in [0.05, 0.1) is 6.17 Å². The minimum atomic E-state index is -0.220. The Morgan fingerprint density at radius 3 is 1.43 bits per heavy atom. The predicted molar refractivity (Wildman–Crippen MR) is 105 cm³/mol. The summed E-state index contributed by atoms with van der Waals surface area (Å²) in [6.45, 7) is 4.36. The molecule has 0 radical (unpaired) electrons. The van der Waals surface area contributed by atoms with Crippen molar-refractivity contribution in [2.45, 2.75) is 116 Å². The van der Waals surface area contributed by atoms with E-state index in [-0.39, 0.29) is 6.17 Å². The minimum absolute atomic E-state index is 0.220. The average Bonchev–Trinajstić information content (AvgIpc) is 2.54. The van der Waals surface area contributed by atoms with Crippen molar-refractivity contribution >= 4 is 0 Å². The van der Waals surface area contributed by atoms with Gasteiger partial charge in [0.25, 0.3) is 0 Å². The molecule has 23 heavy (non-hydrogen) atoms. The largest absolute Gasteiger partial charge is 0.316 e. The molecule has 0 rings (SSSR count). The van der Waals surface area contributed by atoms with E-state index >= 15 is 0 Å². The van der Waals surface area contributed by atoms with Crippen molar-refractivity contribution in [1.82, 2.24) is 0 Å². The highest BCUT2D eigenvalue weighted by Crippen LogP contribution is 2.13. The van der Waals surface area contributed by atoms with Gasteiger partial charge in [0.15, 0.2) is 0 Å². The van der Waals surface area contributed by atoms with Crippen molar-refractivity contribution < 1.29 is 0 Å². The van der Waals surface area contributed by atoms with Gasteiger partial charge in [-0.15, -0.1) is 0 Å². The molecule has 1 atom stereocenters. The van der Waals surface area contributed by atoms with Crippen LogP contribution in [0.2, 0.25) is 0 Å². The van der Waals surface area contributed by atoms with Gasteiger partial charge in [-0.1, -0.05) is 109 Å². The third-order valence-electron chi connectivity index (χ3n) is 4.77. The third kappa shape index (κ3) is 17.8. The van der Waals surface area contributed by atoms with Gasteiger partial charge in [-0.2, -0.15) is 0 Å². The summed E-state index contributed by atoms with van der Waals surface area (Å²) in [6, 6.07) is 0. The van der Waals surface area contributed by atoms with E-state index in [1.54, 1.807) is 0 Å². The molecule has 0 saturated carbocycles. The summed E-state index contributed by atoms with van der Waals surface area (Å²) in [5.41, 5.74) is 11.3. The Balaban J connectivity index is 3.11. The minimum Gasteiger partial charge on any atom is -0.316 e. The van der Waals surface area contributed by atoms with E-state index in [9.17, 15) is 0 Å². The summed E-state index contributed by atoms with van der Waals surface area (Å²) in [6.07, 6.45) is 25.3. The molecule has 0 aromatic heterocycles. The predicted octanol–water partition coefficient (Wildman–Crippen LogP) is 6.29. The second kappa shape index (κ2) is 18.0. The molecule has 0 fully saturated rings. The maximum Gasteiger partial charge on any atom is 0.0582 e. The first kappa shape index (κ1) is 22.7. The third-order valence-corrected chi connectivity index (χ3v) is 4.77. The van der Waals surface area contributed by atoms with Gasteiger partial charge in [0.2, 0.25) is 0 Å². The average molecular weight is 325 g/mol. The van der Waals surface area contributed by atoms with Crippen molar-refractivity contribution in [3.8, 4) is 0 Å². The van der Waals surface area contributed by atoms with Crippen molar-refractivity contribution in [1.29, 1.82) is 0 Å². The standard InChI is InChI=1S/C21H44N2/c1-3-4-5-6-7-8-9-10-11-12-13-14-15-16-17-18-19-20(2)21(22)23/h18-21H,3-17,22-23H2,1-2H3. The highest BCUT2D eigenvalue weighted by atomic mass is 14.9. The maximum atomic E-state index is 5.63. The Bertz CT molecular complexity index is 248. The fraction of sp³-hybridized carbons (Fsp3) is 0.905. The summed E-state index contributed by atoms with van der Waals surface area (Å²) in [4.78, 5) is 0. The summed E-state index contributed by atoms with van der Waals surface area (Å²) < 4.78 is 0. The molecule has 0 aromatic carbocycles. The number of hydrogen-bond acceptors (Lipinski definition) is 2. The van der Waals surface area contributed by atoms with Crippen LogP contribution in [0.25, 0.3) is 0 Å². The van der Waals surface area contributed by atoms with Crippen LogP contribution >= 0.6 is 0 Å². The summed E-state index contributed by atoms with van der Waals surface area (Å²) >= 11 is 0. The highest BCUT2D eigenvalue weighted by molar-refractivity contribution is 4.89. The number of hydrogen-bond donors (Lipinski definition) is 2. The Morgan fingerprint density at radius 2 is 1.04 bits per heavy atom. The van der Waals surface area contributed by atoms with Crippen LogP contribution in [0, 0.1) is 5.92 Å². The molecule has 0 aliphatic carbocycles. The molecule has 0 spiro atoms. The molecule has 0 saturated heterocycles. The molecule has 0 heterocycles. The second-order valence-corrected chi connectivity index (χ2v) is 7.25. The van der Waals surface area contributed by atoms with E-state index < -0.39 is 0 Å². The molecular formula is C21H44N2. The highest BCUT2D eigenvalue weighted by Gasteiger charge is 2.01. The molecule has 0 aliphatic heterocycles. The maximum absolute atomic E-state index is 5.63. The van der Waals surface area contributed by atoms with Crippen molar-refractivity contribution in [2.24, 2.45) is 17.4 Å². The fourth-order valence-electron chi connectivity index (χ4n) is 2.90. The van der Waals surface area contributed by atoms with E-state index in [2.05, 4.69) is 26.0 Å². The van der Waals surface area contributed by atoms with E-state index in [0.717, 1.165) is 0 Å². The number of unbranched alkanes of at least 4 members (excludes halogenated alkanes) is 14. The monoisotopic (exact) mass is 324 g/mol. The summed E-state index contributed by atoms with van der Waals surface area (Å²) in [5.74, 6) is 0.293. The van der Waals surface area contributed by atoms with Gasteiger partial charge in [-0.25, -0.2) is 0 Å². The van der Waals surface area contributed by atoms with Gasteiger partial charge in [-0.3, -0.25) is 0 Å². The van der Waals surface area contributed by atoms with Gasteiger partial charge < -0.3 is 11.5 Å². The van der Waals surface area contributed by atoms with Crippen molar-refractivity contribution in [3.05, 3.63) is 12.2 Å². The molecule has 2 nitrogen and oxygen atoms in total. The molecule has 0 amide bonds. The first-order chi connectivity index (χ1) is 11.2. The van der Waals surface area contributed by atoms with Crippen LogP contribution in [-0.4, -0.2) is 6.17 Å². The zero-order valence-corrected chi connectivity index (χ0v) is 16.1. The van der Waals surface area contributed by atoms with Crippen LogP contribution in [0.15, 0.2) is 12.2 Å². The Morgan fingerprint density at radius 1 is 0.652 bits per heavy atom. The van der Waals surface area contributed by atoms with Crippen molar-refractivity contribution in [2.75, 3.05) is 0 Å². The number of nitrogens with two attached hydrogens (primary N) is 2. The van der Waals surface area contributed by atoms with Gasteiger partial charge in [0, 0.05) is 5.92 Å². The molecule has 4 N–H and O–H groups in total. The van der Waals surface area contributed by atoms with Crippen LogP contribution in [0.5, 0.6) is 0 Å². The lowest BCUT2D eigenvalue weighted by Crippen LogP contribution is -2.36. The quantitative estimate of drug-likeness (QED) is 0.187. The van der Waals surface area contributed by atoms with Gasteiger partial charge >= 0.3 is 0 Å². The second-order valence-electron chi connectivity index (χ2n) is 7.25. The van der Waals surface area contributed by atoms with Crippen LogP contribution in [0.3, 0.4) is 0 Å². The molecule has 1 unspecified atom stereocenters. The van der Waals surface area contributed by atoms with Crippen LogP contribution in [-0.2, 0) is 0 Å². The topological polar surface area (TPSA) is 52.0 Å². The molecule has 2 heteroatoms. The molecule has 0 aromatic rings. The SMILES string of the molecule is CCCCCCCCCCCCCCCCC=CC(C)C(N)N. The molecular weight excluding hydrogens is 280 g/mol. The van der Waals surface area contributed by atoms with Crippen LogP contribution in [0.1, 0.15) is 110 Å². The molecule has 0 aliphatic rings. The zero-order valence-electron chi connectivity index (χ0n) is 16.1. The Hall–Kier alpha value is -0.340. The fourth-order valence-corrected chi connectivity index (χ4v) is 2.90. The Kier molecular flexibility index (Phi) is 17.7. The first-order valence-corrected chi connectivity index (χ1v) is 10.4. The zero-order chi connectivity index (χ0) is 17.2. The summed E-state index contributed by atoms with van der Waals surface area (Å²) in [7, 11) is 0. The van der Waals surface area contributed by atoms with E-state index in [0.29, 0.717) is 5.92 Å². The number of rotatable bonds is 17. The van der Waals surface area contributed by atoms with Crippen molar-refractivity contribution in [3.63, 3.8) is 0 Å². The molecule has 138 valence electrons. The normalized spacial score (nSPS) is 13.3. The van der Waals surface area contributed by atoms with E-state index in [1.165, 1.54) is 96.3 Å². The van der Waals surface area contributed by atoms with Gasteiger partial charge in [-0.05, 0) is 12.8 Å². The lowest BCUT2D eigenvalue weighted by Gasteiger charge is -2.09. The van der Waals surface area contributed by atoms with Crippen LogP contribution < -0.4 is 11.5 Å². The summed E-state index contributed by atoms with van der Waals surface area (Å²) in [5, 5.41) is 0. The van der Waals surface area contributed by atoms with Gasteiger partial charge in [0.1, 0.15) is 0 Å².